The Bertz CT molecular complexity index is 783. The highest BCUT2D eigenvalue weighted by molar-refractivity contribution is 7.71. The zero-order valence-corrected chi connectivity index (χ0v) is 13.0. The molecule has 2 heterocycles. The summed E-state index contributed by atoms with van der Waals surface area (Å²) in [6.07, 6.45) is 3.42. The number of hydrogen-bond acceptors (Lipinski definition) is 5. The molecule has 0 N–H and O–H groups in total. The van der Waals surface area contributed by atoms with Crippen LogP contribution < -0.4 is 0 Å². The van der Waals surface area contributed by atoms with E-state index in [-0.39, 0.29) is 0 Å². The summed E-state index contributed by atoms with van der Waals surface area (Å²) in [5, 5.41) is 4.43. The highest BCUT2D eigenvalue weighted by Gasteiger charge is 2.10. The molecule has 5 nitrogen and oxygen atoms in total. The summed E-state index contributed by atoms with van der Waals surface area (Å²) in [6, 6.07) is 14.0. The third-order valence-corrected chi connectivity index (χ3v) is 3.48. The van der Waals surface area contributed by atoms with E-state index in [1.807, 2.05) is 37.4 Å². The van der Waals surface area contributed by atoms with Crippen molar-refractivity contribution in [2.75, 3.05) is 7.05 Å². The van der Waals surface area contributed by atoms with Gasteiger partial charge in [-0.2, -0.15) is 0 Å². The quantitative estimate of drug-likeness (QED) is 0.676. The fraction of sp³-hybridized carbons (Fsp3) is 0.188. The maximum Gasteiger partial charge on any atom is 0.288 e. The number of benzene rings is 1. The summed E-state index contributed by atoms with van der Waals surface area (Å²) in [5.41, 5.74) is 2.06. The van der Waals surface area contributed by atoms with Crippen LogP contribution in [-0.4, -0.2) is 26.7 Å². The van der Waals surface area contributed by atoms with E-state index in [4.69, 9.17) is 16.6 Å². The van der Waals surface area contributed by atoms with E-state index >= 15 is 0 Å². The van der Waals surface area contributed by atoms with Crippen molar-refractivity contribution in [3.63, 3.8) is 0 Å². The fourth-order valence-corrected chi connectivity index (χ4v) is 2.35. The van der Waals surface area contributed by atoms with Crippen molar-refractivity contribution in [3.8, 4) is 11.5 Å². The minimum Gasteiger partial charge on any atom is -0.409 e. The van der Waals surface area contributed by atoms with E-state index in [9.17, 15) is 0 Å². The molecule has 0 saturated carbocycles. The Hall–Kier alpha value is -2.31. The summed E-state index contributed by atoms with van der Waals surface area (Å²) in [7, 11) is 2.02. The average molecular weight is 312 g/mol. The molecule has 2 aromatic heterocycles. The van der Waals surface area contributed by atoms with Crippen LogP contribution in [0.4, 0.5) is 0 Å². The van der Waals surface area contributed by atoms with Gasteiger partial charge in [-0.1, -0.05) is 30.3 Å². The zero-order valence-electron chi connectivity index (χ0n) is 12.2. The molecule has 1 aromatic carbocycles. The molecule has 0 amide bonds. The van der Waals surface area contributed by atoms with Crippen LogP contribution >= 0.6 is 12.2 Å². The predicted molar refractivity (Wildman–Crippen MR) is 86.5 cm³/mol. The SMILES string of the molecule is CN(Cc1ccccc1)Cn1nc(-c2cccnc2)oc1=S. The largest absolute Gasteiger partial charge is 0.409 e. The summed E-state index contributed by atoms with van der Waals surface area (Å²) in [4.78, 5) is 6.55. The maximum absolute atomic E-state index is 5.55. The Morgan fingerprint density at radius 2 is 2.00 bits per heavy atom. The average Bonchev–Trinajstić information content (AvgIpc) is 2.90. The molecular weight excluding hydrogens is 296 g/mol. The van der Waals surface area contributed by atoms with E-state index in [1.165, 1.54) is 5.56 Å². The molecule has 0 atom stereocenters. The molecule has 0 aliphatic rings. The highest BCUT2D eigenvalue weighted by atomic mass is 32.1. The molecule has 6 heteroatoms. The van der Waals surface area contributed by atoms with Gasteiger partial charge in [-0.15, -0.1) is 5.10 Å². The van der Waals surface area contributed by atoms with E-state index in [0.717, 1.165) is 12.1 Å². The lowest BCUT2D eigenvalue weighted by Gasteiger charge is -2.15. The van der Waals surface area contributed by atoms with Crippen LogP contribution in [0.2, 0.25) is 0 Å². The molecule has 3 aromatic rings. The molecule has 0 radical (unpaired) electrons. The van der Waals surface area contributed by atoms with E-state index in [2.05, 4.69) is 27.1 Å². The minimum atomic E-state index is 0.360. The van der Waals surface area contributed by atoms with Gasteiger partial charge >= 0.3 is 0 Å². The van der Waals surface area contributed by atoms with E-state index < -0.39 is 0 Å². The molecule has 0 unspecified atom stereocenters. The first-order valence-electron chi connectivity index (χ1n) is 6.93. The molecule has 0 aliphatic heterocycles. The van der Waals surface area contributed by atoms with Gasteiger partial charge in [0.25, 0.3) is 4.84 Å². The normalized spacial score (nSPS) is 11.0. The molecule has 112 valence electrons. The fourth-order valence-electron chi connectivity index (χ4n) is 2.18. The Morgan fingerprint density at radius 1 is 1.18 bits per heavy atom. The summed E-state index contributed by atoms with van der Waals surface area (Å²) >= 11 is 5.24. The van der Waals surface area contributed by atoms with Gasteiger partial charge in [0.1, 0.15) is 0 Å². The molecule has 0 fully saturated rings. The van der Waals surface area contributed by atoms with Crippen molar-refractivity contribution in [3.05, 3.63) is 65.3 Å². The van der Waals surface area contributed by atoms with Gasteiger partial charge in [0.05, 0.1) is 12.2 Å². The van der Waals surface area contributed by atoms with Crippen LogP contribution in [0.15, 0.2) is 59.3 Å². The van der Waals surface area contributed by atoms with Crippen molar-refractivity contribution in [2.45, 2.75) is 13.2 Å². The Balaban J connectivity index is 1.73. The van der Waals surface area contributed by atoms with Crippen molar-refractivity contribution in [2.24, 2.45) is 0 Å². The molecule has 0 saturated heterocycles. The first-order chi connectivity index (χ1) is 10.7. The maximum atomic E-state index is 5.55. The Kier molecular flexibility index (Phi) is 4.41. The summed E-state index contributed by atoms with van der Waals surface area (Å²) in [5.74, 6) is 0.492. The second-order valence-corrected chi connectivity index (χ2v) is 5.40. The molecule has 0 bridgehead atoms. The van der Waals surface area contributed by atoms with Crippen LogP contribution in [0, 0.1) is 4.84 Å². The van der Waals surface area contributed by atoms with E-state index in [1.54, 1.807) is 17.1 Å². The van der Waals surface area contributed by atoms with Gasteiger partial charge in [0.15, 0.2) is 0 Å². The van der Waals surface area contributed by atoms with Gasteiger partial charge in [-0.05, 0) is 37.0 Å². The number of pyridine rings is 1. The topological polar surface area (TPSA) is 47.1 Å². The molecule has 0 aliphatic carbocycles. The van der Waals surface area contributed by atoms with Crippen molar-refractivity contribution in [1.82, 2.24) is 19.7 Å². The lowest BCUT2D eigenvalue weighted by Crippen LogP contribution is -2.22. The van der Waals surface area contributed by atoms with Crippen LogP contribution in [0.3, 0.4) is 0 Å². The second-order valence-electron chi connectivity index (χ2n) is 5.06. The Morgan fingerprint density at radius 3 is 2.73 bits per heavy atom. The monoisotopic (exact) mass is 312 g/mol. The van der Waals surface area contributed by atoms with Gasteiger partial charge < -0.3 is 4.42 Å². The summed E-state index contributed by atoms with van der Waals surface area (Å²) in [6.45, 7) is 1.38. The molecular formula is C16H16N4OS. The number of hydrogen-bond donors (Lipinski definition) is 0. The Labute approximate surface area is 133 Å². The van der Waals surface area contributed by atoms with E-state index in [0.29, 0.717) is 17.4 Å². The van der Waals surface area contributed by atoms with Crippen LogP contribution in [0.5, 0.6) is 0 Å². The minimum absolute atomic E-state index is 0.360. The highest BCUT2D eigenvalue weighted by Crippen LogP contribution is 2.16. The first kappa shape index (κ1) is 14.6. The standard InChI is InChI=1S/C16H16N4OS/c1-19(11-13-6-3-2-4-7-13)12-20-16(22)21-15(18-20)14-8-5-9-17-10-14/h2-10H,11-12H2,1H3. The number of rotatable bonds is 5. The van der Waals surface area contributed by atoms with Crippen molar-refractivity contribution >= 4 is 12.2 Å². The van der Waals surface area contributed by atoms with Gasteiger partial charge in [0.2, 0.25) is 5.89 Å². The smallest absolute Gasteiger partial charge is 0.288 e. The van der Waals surface area contributed by atoms with Gasteiger partial charge in [-0.3, -0.25) is 9.88 Å². The lowest BCUT2D eigenvalue weighted by atomic mass is 10.2. The third kappa shape index (κ3) is 3.47. The predicted octanol–water partition coefficient (Wildman–Crippen LogP) is 3.36. The molecule has 3 rings (SSSR count). The zero-order chi connectivity index (χ0) is 15.4. The van der Waals surface area contributed by atoms with Crippen LogP contribution in [-0.2, 0) is 13.2 Å². The lowest BCUT2D eigenvalue weighted by molar-refractivity contribution is 0.240. The van der Waals surface area contributed by atoms with Crippen LogP contribution in [0.1, 0.15) is 5.56 Å². The van der Waals surface area contributed by atoms with Crippen molar-refractivity contribution in [1.29, 1.82) is 0 Å². The summed E-state index contributed by atoms with van der Waals surface area (Å²) < 4.78 is 7.23. The van der Waals surface area contributed by atoms with Gasteiger partial charge in [0, 0.05) is 18.9 Å². The van der Waals surface area contributed by atoms with Gasteiger partial charge in [-0.25, -0.2) is 4.68 Å². The number of nitrogens with zero attached hydrogens (tertiary/aromatic N) is 4. The first-order valence-corrected chi connectivity index (χ1v) is 7.34. The van der Waals surface area contributed by atoms with Crippen LogP contribution in [0.25, 0.3) is 11.5 Å². The molecule has 0 spiro atoms. The number of aromatic nitrogens is 3. The molecule has 22 heavy (non-hydrogen) atoms. The van der Waals surface area contributed by atoms with Crippen molar-refractivity contribution < 1.29 is 4.42 Å². The third-order valence-electron chi connectivity index (χ3n) is 3.19. The second kappa shape index (κ2) is 6.64.